The largest absolute Gasteiger partial charge is 0.438 e. The van der Waals surface area contributed by atoms with Gasteiger partial charge in [-0.1, -0.05) is 0 Å². The molecule has 0 saturated heterocycles. The molecule has 0 aliphatic heterocycles. The van der Waals surface area contributed by atoms with Crippen LogP contribution in [0.15, 0.2) is 40.1 Å². The number of hydrogen-bond donors (Lipinski definition) is 2. The zero-order chi connectivity index (χ0) is 21.0. The molecule has 3 aromatic rings. The molecule has 9 nitrogen and oxygen atoms in total. The van der Waals surface area contributed by atoms with Crippen LogP contribution in [0.1, 0.15) is 16.7 Å². The number of anilines is 1. The van der Waals surface area contributed by atoms with Gasteiger partial charge in [0.05, 0.1) is 11.6 Å². The van der Waals surface area contributed by atoms with Crippen molar-refractivity contribution >= 4 is 17.4 Å². The molecule has 3 rings (SSSR count). The molecule has 0 saturated carbocycles. The molecular formula is C19H17ClN6O3. The third-order valence-electron chi connectivity index (χ3n) is 4.03. The average molecular weight is 413 g/mol. The number of aryl methyl sites for hydroxylation is 2. The lowest BCUT2D eigenvalue weighted by molar-refractivity contribution is 0.455. The maximum Gasteiger partial charge on any atom is 0.328 e. The van der Waals surface area contributed by atoms with Crippen molar-refractivity contribution in [2.24, 2.45) is 0 Å². The number of aromatic nitrogens is 4. The van der Waals surface area contributed by atoms with Crippen molar-refractivity contribution in [2.75, 3.05) is 11.9 Å². The molecule has 0 aliphatic carbocycles. The molecule has 0 spiro atoms. The van der Waals surface area contributed by atoms with E-state index in [1.807, 2.05) is 13.8 Å². The summed E-state index contributed by atoms with van der Waals surface area (Å²) in [5.74, 6) is 1.25. The van der Waals surface area contributed by atoms with E-state index in [9.17, 15) is 9.59 Å². The van der Waals surface area contributed by atoms with Crippen LogP contribution in [0.3, 0.4) is 0 Å². The van der Waals surface area contributed by atoms with Gasteiger partial charge >= 0.3 is 5.69 Å². The van der Waals surface area contributed by atoms with Crippen molar-refractivity contribution in [1.82, 2.24) is 19.5 Å². The first-order chi connectivity index (χ1) is 13.9. The standard InChI is InChI=1S/C19H17ClN6O3/c1-11-7-13(10-21)8-12(2)17(11)29-16-9-14(23-18(20)25-16)22-4-6-26-5-3-15(27)24-19(26)28/h3,5,7-9H,4,6H2,1-2H3,(H,22,23,25)(H,24,27,28). The van der Waals surface area contributed by atoms with Gasteiger partial charge in [0.25, 0.3) is 5.56 Å². The van der Waals surface area contributed by atoms with E-state index in [1.54, 1.807) is 18.2 Å². The molecule has 2 heterocycles. The molecule has 0 radical (unpaired) electrons. The van der Waals surface area contributed by atoms with E-state index in [1.165, 1.54) is 16.8 Å². The fourth-order valence-corrected chi connectivity index (χ4v) is 2.92. The average Bonchev–Trinajstić information content (AvgIpc) is 2.66. The normalized spacial score (nSPS) is 10.4. The summed E-state index contributed by atoms with van der Waals surface area (Å²) in [6, 6.07) is 8.42. The second-order valence-corrected chi connectivity index (χ2v) is 6.58. The molecule has 2 N–H and O–H groups in total. The second kappa shape index (κ2) is 8.58. The lowest BCUT2D eigenvalue weighted by atomic mass is 10.1. The molecule has 0 fully saturated rings. The van der Waals surface area contributed by atoms with E-state index in [2.05, 4.69) is 26.3 Å². The molecule has 0 bridgehead atoms. The van der Waals surface area contributed by atoms with Gasteiger partial charge in [0.2, 0.25) is 11.2 Å². The summed E-state index contributed by atoms with van der Waals surface area (Å²) in [4.78, 5) is 33.2. The third kappa shape index (κ3) is 5.00. The van der Waals surface area contributed by atoms with Crippen LogP contribution in [-0.2, 0) is 6.54 Å². The predicted molar refractivity (Wildman–Crippen MR) is 108 cm³/mol. The van der Waals surface area contributed by atoms with E-state index >= 15 is 0 Å². The lowest BCUT2D eigenvalue weighted by Gasteiger charge is -2.13. The summed E-state index contributed by atoms with van der Waals surface area (Å²) in [6.45, 7) is 4.34. The first kappa shape index (κ1) is 20.1. The summed E-state index contributed by atoms with van der Waals surface area (Å²) in [7, 11) is 0. The number of aromatic amines is 1. The van der Waals surface area contributed by atoms with Crippen molar-refractivity contribution in [2.45, 2.75) is 20.4 Å². The van der Waals surface area contributed by atoms with E-state index in [0.29, 0.717) is 30.2 Å². The van der Waals surface area contributed by atoms with E-state index in [-0.39, 0.29) is 11.2 Å². The van der Waals surface area contributed by atoms with Crippen molar-refractivity contribution < 1.29 is 4.74 Å². The van der Waals surface area contributed by atoms with Gasteiger partial charge in [-0.25, -0.2) is 9.78 Å². The third-order valence-corrected chi connectivity index (χ3v) is 4.20. The number of rotatable bonds is 6. The fraction of sp³-hybridized carbons (Fsp3) is 0.211. The SMILES string of the molecule is Cc1cc(C#N)cc(C)c1Oc1cc(NCCn2ccc(=O)[nH]c2=O)nc(Cl)n1. The zero-order valence-electron chi connectivity index (χ0n) is 15.7. The van der Waals surface area contributed by atoms with Crippen LogP contribution in [0.2, 0.25) is 5.28 Å². The Hall–Kier alpha value is -3.64. The van der Waals surface area contributed by atoms with Crippen molar-refractivity contribution in [3.8, 4) is 17.7 Å². The molecule has 1 aromatic carbocycles. The first-order valence-electron chi connectivity index (χ1n) is 8.63. The molecule has 10 heteroatoms. The number of nitrogens with one attached hydrogen (secondary N) is 2. The van der Waals surface area contributed by atoms with Crippen molar-refractivity contribution in [3.05, 3.63) is 73.3 Å². The summed E-state index contributed by atoms with van der Waals surface area (Å²) in [5.41, 5.74) is 1.20. The Morgan fingerprint density at radius 1 is 1.24 bits per heavy atom. The Balaban J connectivity index is 1.74. The number of nitrogens with zero attached hydrogens (tertiary/aromatic N) is 4. The van der Waals surface area contributed by atoms with Crippen LogP contribution in [0.4, 0.5) is 5.82 Å². The fourth-order valence-electron chi connectivity index (χ4n) is 2.74. The van der Waals surface area contributed by atoms with Gasteiger partial charge in [-0.15, -0.1) is 0 Å². The van der Waals surface area contributed by atoms with Gasteiger partial charge in [-0.3, -0.25) is 14.3 Å². The maximum absolute atomic E-state index is 11.7. The van der Waals surface area contributed by atoms with Gasteiger partial charge in [0, 0.05) is 31.4 Å². The topological polar surface area (TPSA) is 126 Å². The van der Waals surface area contributed by atoms with Crippen LogP contribution in [0.5, 0.6) is 11.6 Å². The molecule has 0 amide bonds. The lowest BCUT2D eigenvalue weighted by Crippen LogP contribution is -2.30. The smallest absolute Gasteiger partial charge is 0.328 e. The Morgan fingerprint density at radius 2 is 1.97 bits per heavy atom. The molecule has 29 heavy (non-hydrogen) atoms. The molecular weight excluding hydrogens is 396 g/mol. The molecule has 148 valence electrons. The predicted octanol–water partition coefficient (Wildman–Crippen LogP) is 2.37. The van der Waals surface area contributed by atoms with Gasteiger partial charge in [0.1, 0.15) is 11.6 Å². The summed E-state index contributed by atoms with van der Waals surface area (Å²) in [6.07, 6.45) is 1.42. The van der Waals surface area contributed by atoms with Crippen LogP contribution >= 0.6 is 11.6 Å². The Morgan fingerprint density at radius 3 is 2.62 bits per heavy atom. The molecule has 0 unspecified atom stereocenters. The van der Waals surface area contributed by atoms with Crippen LogP contribution < -0.4 is 21.3 Å². The maximum atomic E-state index is 11.7. The van der Waals surface area contributed by atoms with Gasteiger partial charge in [-0.05, 0) is 48.7 Å². The highest BCUT2D eigenvalue weighted by Crippen LogP contribution is 2.30. The monoisotopic (exact) mass is 412 g/mol. The Kier molecular flexibility index (Phi) is 5.95. The van der Waals surface area contributed by atoms with Gasteiger partial charge in [0.15, 0.2) is 0 Å². The number of hydrogen-bond acceptors (Lipinski definition) is 7. The number of ether oxygens (including phenoxy) is 1. The first-order valence-corrected chi connectivity index (χ1v) is 9.01. The molecule has 0 atom stereocenters. The quantitative estimate of drug-likeness (QED) is 0.595. The van der Waals surface area contributed by atoms with E-state index in [4.69, 9.17) is 21.6 Å². The Labute approximate surface area is 170 Å². The van der Waals surface area contributed by atoms with Gasteiger partial charge in [-0.2, -0.15) is 10.2 Å². The molecule has 2 aromatic heterocycles. The van der Waals surface area contributed by atoms with Crippen LogP contribution in [-0.4, -0.2) is 26.1 Å². The summed E-state index contributed by atoms with van der Waals surface area (Å²) < 4.78 is 7.24. The Bertz CT molecular complexity index is 1190. The molecule has 0 aliphatic rings. The summed E-state index contributed by atoms with van der Waals surface area (Å²) in [5, 5.41) is 12.1. The number of H-pyrrole nitrogens is 1. The van der Waals surface area contributed by atoms with Crippen LogP contribution in [0.25, 0.3) is 0 Å². The van der Waals surface area contributed by atoms with Gasteiger partial charge < -0.3 is 10.1 Å². The second-order valence-electron chi connectivity index (χ2n) is 6.24. The minimum atomic E-state index is -0.490. The highest BCUT2D eigenvalue weighted by atomic mass is 35.5. The van der Waals surface area contributed by atoms with Crippen LogP contribution in [0, 0.1) is 25.2 Å². The summed E-state index contributed by atoms with van der Waals surface area (Å²) >= 11 is 6.00. The zero-order valence-corrected chi connectivity index (χ0v) is 16.4. The number of halogens is 1. The highest BCUT2D eigenvalue weighted by Gasteiger charge is 2.11. The van der Waals surface area contributed by atoms with Crippen molar-refractivity contribution in [3.63, 3.8) is 0 Å². The minimum absolute atomic E-state index is 0.00448. The van der Waals surface area contributed by atoms with E-state index in [0.717, 1.165) is 11.1 Å². The number of nitriles is 1. The highest BCUT2D eigenvalue weighted by molar-refractivity contribution is 6.28. The van der Waals surface area contributed by atoms with Crippen molar-refractivity contribution in [1.29, 1.82) is 5.26 Å². The number of benzene rings is 1. The minimum Gasteiger partial charge on any atom is -0.438 e. The van der Waals surface area contributed by atoms with E-state index < -0.39 is 11.2 Å².